The Morgan fingerprint density at radius 3 is 2.58 bits per heavy atom. The molecule has 0 aromatic carbocycles. The maximum atomic E-state index is 10.5. The smallest absolute Gasteiger partial charge is 0.354 e. The third kappa shape index (κ3) is 1.98. The van der Waals surface area contributed by atoms with Crippen molar-refractivity contribution in [3.63, 3.8) is 0 Å². The first-order chi connectivity index (χ1) is 5.13. The molecule has 0 aliphatic rings. The quantitative estimate of drug-likeness (QED) is 0.771. The summed E-state index contributed by atoms with van der Waals surface area (Å²) in [6, 6.07) is 1.58. The van der Waals surface area contributed by atoms with Crippen molar-refractivity contribution < 1.29 is 9.90 Å². The molecule has 0 fully saturated rings. The summed E-state index contributed by atoms with van der Waals surface area (Å²) in [5, 5.41) is 12.5. The third-order valence-corrected chi connectivity index (χ3v) is 1.38. The van der Waals surface area contributed by atoms with Crippen LogP contribution in [0.4, 0.5) is 0 Å². The van der Waals surface area contributed by atoms with Gasteiger partial charge in [-0.3, -0.25) is 4.68 Å². The number of halogens is 1. The van der Waals surface area contributed by atoms with Crippen LogP contribution >= 0.6 is 12.4 Å². The van der Waals surface area contributed by atoms with Gasteiger partial charge < -0.3 is 5.11 Å². The normalized spacial score (nSPS) is 9.58. The van der Waals surface area contributed by atoms with Crippen molar-refractivity contribution in [2.24, 2.45) is 0 Å². The lowest BCUT2D eigenvalue weighted by Crippen LogP contribution is -2.11. The van der Waals surface area contributed by atoms with E-state index in [9.17, 15) is 4.79 Å². The zero-order valence-corrected chi connectivity index (χ0v) is 7.71. The fraction of sp³-hybridized carbons (Fsp3) is 0.429. The van der Waals surface area contributed by atoms with Crippen LogP contribution in [0, 0.1) is 0 Å². The van der Waals surface area contributed by atoms with Gasteiger partial charge in [0.15, 0.2) is 0 Å². The molecule has 68 valence electrons. The van der Waals surface area contributed by atoms with Crippen molar-refractivity contribution in [3.8, 4) is 0 Å². The van der Waals surface area contributed by atoms with Gasteiger partial charge in [-0.05, 0) is 19.9 Å². The third-order valence-electron chi connectivity index (χ3n) is 1.38. The van der Waals surface area contributed by atoms with Gasteiger partial charge in [-0.1, -0.05) is 0 Å². The van der Waals surface area contributed by atoms with Gasteiger partial charge in [0.05, 0.1) is 0 Å². The van der Waals surface area contributed by atoms with Crippen LogP contribution in [-0.4, -0.2) is 20.9 Å². The monoisotopic (exact) mass is 190 g/mol. The molecule has 0 radical (unpaired) electrons. The highest BCUT2D eigenvalue weighted by Gasteiger charge is 2.11. The lowest BCUT2D eigenvalue weighted by Gasteiger charge is -2.06. The Morgan fingerprint density at radius 1 is 1.67 bits per heavy atom. The molecule has 0 saturated heterocycles. The van der Waals surface area contributed by atoms with Crippen molar-refractivity contribution in [2.75, 3.05) is 0 Å². The zero-order chi connectivity index (χ0) is 8.43. The van der Waals surface area contributed by atoms with E-state index in [0.29, 0.717) is 0 Å². The Hall–Kier alpha value is -1.03. The number of hydrogen-bond donors (Lipinski definition) is 1. The Kier molecular flexibility index (Phi) is 3.76. The van der Waals surface area contributed by atoms with Gasteiger partial charge in [0.25, 0.3) is 0 Å². The number of carboxylic acids is 1. The predicted molar refractivity (Wildman–Crippen MR) is 46.8 cm³/mol. The van der Waals surface area contributed by atoms with Crippen LogP contribution < -0.4 is 0 Å². The number of rotatable bonds is 2. The van der Waals surface area contributed by atoms with Crippen LogP contribution in [0.2, 0.25) is 0 Å². The first kappa shape index (κ1) is 11.0. The van der Waals surface area contributed by atoms with E-state index >= 15 is 0 Å². The van der Waals surface area contributed by atoms with Crippen LogP contribution in [-0.2, 0) is 0 Å². The van der Waals surface area contributed by atoms with E-state index in [1.54, 1.807) is 0 Å². The SMILES string of the molecule is CC(C)n1nccc1C(=O)O.Cl. The number of hydrogen-bond acceptors (Lipinski definition) is 2. The van der Waals surface area contributed by atoms with E-state index in [0.717, 1.165) is 0 Å². The molecule has 0 atom stereocenters. The molecule has 0 aliphatic heterocycles. The fourth-order valence-electron chi connectivity index (χ4n) is 0.895. The first-order valence-electron chi connectivity index (χ1n) is 3.39. The highest BCUT2D eigenvalue weighted by Crippen LogP contribution is 2.06. The van der Waals surface area contributed by atoms with Crippen molar-refractivity contribution >= 4 is 18.4 Å². The standard InChI is InChI=1S/C7H10N2O2.ClH/c1-5(2)9-6(7(10)11)3-4-8-9;/h3-5H,1-2H3,(H,10,11);1H. The fourth-order valence-corrected chi connectivity index (χ4v) is 0.895. The molecule has 1 aromatic rings. The molecule has 1 aromatic heterocycles. The Labute approximate surface area is 76.6 Å². The number of carboxylic acid groups (broad SMARTS) is 1. The van der Waals surface area contributed by atoms with Crippen molar-refractivity contribution in [3.05, 3.63) is 18.0 Å². The van der Waals surface area contributed by atoms with E-state index in [1.165, 1.54) is 16.9 Å². The van der Waals surface area contributed by atoms with Crippen LogP contribution in [0.15, 0.2) is 12.3 Å². The Morgan fingerprint density at radius 2 is 2.25 bits per heavy atom. The summed E-state index contributed by atoms with van der Waals surface area (Å²) in [7, 11) is 0. The van der Waals surface area contributed by atoms with Crippen molar-refractivity contribution in [2.45, 2.75) is 19.9 Å². The van der Waals surface area contributed by atoms with Gasteiger partial charge in [0.2, 0.25) is 0 Å². The lowest BCUT2D eigenvalue weighted by atomic mass is 10.3. The number of nitrogens with zero attached hydrogens (tertiary/aromatic N) is 2. The Bertz CT molecular complexity index is 270. The average molecular weight is 191 g/mol. The van der Waals surface area contributed by atoms with Gasteiger partial charge in [0, 0.05) is 12.2 Å². The molecular weight excluding hydrogens is 180 g/mol. The summed E-state index contributed by atoms with van der Waals surface area (Å²) in [6.45, 7) is 3.78. The van der Waals surface area contributed by atoms with Gasteiger partial charge in [-0.25, -0.2) is 4.79 Å². The molecule has 0 unspecified atom stereocenters. The van der Waals surface area contributed by atoms with Crippen molar-refractivity contribution in [1.82, 2.24) is 9.78 Å². The summed E-state index contributed by atoms with van der Waals surface area (Å²) in [5.74, 6) is -0.934. The van der Waals surface area contributed by atoms with E-state index in [4.69, 9.17) is 5.11 Å². The molecule has 12 heavy (non-hydrogen) atoms. The second-order valence-electron chi connectivity index (χ2n) is 2.56. The minimum atomic E-state index is -0.934. The molecule has 0 saturated carbocycles. The second-order valence-corrected chi connectivity index (χ2v) is 2.56. The van der Waals surface area contributed by atoms with Gasteiger partial charge in [-0.2, -0.15) is 5.10 Å². The summed E-state index contributed by atoms with van der Waals surface area (Å²) < 4.78 is 1.47. The summed E-state index contributed by atoms with van der Waals surface area (Å²) >= 11 is 0. The molecular formula is C7H11ClN2O2. The van der Waals surface area contributed by atoms with Gasteiger partial charge in [-0.15, -0.1) is 12.4 Å². The molecule has 1 heterocycles. The van der Waals surface area contributed by atoms with E-state index in [2.05, 4.69) is 5.10 Å². The summed E-state index contributed by atoms with van der Waals surface area (Å²) in [6.07, 6.45) is 1.49. The van der Waals surface area contributed by atoms with Crippen LogP contribution in [0.25, 0.3) is 0 Å². The zero-order valence-electron chi connectivity index (χ0n) is 6.89. The number of carbonyl (C=O) groups is 1. The molecule has 0 bridgehead atoms. The molecule has 0 spiro atoms. The predicted octanol–water partition coefficient (Wildman–Crippen LogP) is 1.58. The molecule has 1 rings (SSSR count). The second kappa shape index (κ2) is 4.11. The molecule has 0 amide bonds. The van der Waals surface area contributed by atoms with Crippen LogP contribution in [0.5, 0.6) is 0 Å². The van der Waals surface area contributed by atoms with E-state index in [1.807, 2.05) is 13.8 Å². The number of aromatic nitrogens is 2. The maximum Gasteiger partial charge on any atom is 0.354 e. The minimum Gasteiger partial charge on any atom is -0.477 e. The molecule has 1 N–H and O–H groups in total. The van der Waals surface area contributed by atoms with E-state index in [-0.39, 0.29) is 24.1 Å². The van der Waals surface area contributed by atoms with Crippen LogP contribution in [0.1, 0.15) is 30.4 Å². The Balaban J connectivity index is 0.00000121. The lowest BCUT2D eigenvalue weighted by molar-refractivity contribution is 0.0681. The average Bonchev–Trinajstić information content (AvgIpc) is 2.32. The van der Waals surface area contributed by atoms with Gasteiger partial charge in [0.1, 0.15) is 5.69 Å². The maximum absolute atomic E-state index is 10.5. The van der Waals surface area contributed by atoms with Gasteiger partial charge >= 0.3 is 5.97 Å². The summed E-state index contributed by atoms with van der Waals surface area (Å²) in [5.41, 5.74) is 0.236. The number of aromatic carboxylic acids is 1. The first-order valence-corrected chi connectivity index (χ1v) is 3.39. The largest absolute Gasteiger partial charge is 0.477 e. The highest BCUT2D eigenvalue weighted by molar-refractivity contribution is 5.85. The molecule has 0 aliphatic carbocycles. The summed E-state index contributed by atoms with van der Waals surface area (Å²) in [4.78, 5) is 10.5. The molecule has 5 heteroatoms. The topological polar surface area (TPSA) is 55.1 Å². The van der Waals surface area contributed by atoms with Crippen molar-refractivity contribution in [1.29, 1.82) is 0 Å². The van der Waals surface area contributed by atoms with Crippen LogP contribution in [0.3, 0.4) is 0 Å². The van der Waals surface area contributed by atoms with E-state index < -0.39 is 5.97 Å². The molecule has 4 nitrogen and oxygen atoms in total. The minimum absolute atomic E-state index is 0. The highest BCUT2D eigenvalue weighted by atomic mass is 35.5.